The SMILES string of the molecule is O=C(NCc1ccc(Cl)cc1)Nc1ccc2cnccc2c1. The van der Waals surface area contributed by atoms with Crippen molar-refractivity contribution in [2.75, 3.05) is 5.32 Å². The van der Waals surface area contributed by atoms with Gasteiger partial charge in [-0.15, -0.1) is 0 Å². The number of nitrogens with one attached hydrogen (secondary N) is 2. The van der Waals surface area contributed by atoms with Crippen LogP contribution in [-0.4, -0.2) is 11.0 Å². The number of urea groups is 1. The molecule has 1 aromatic heterocycles. The molecule has 2 amide bonds. The third kappa shape index (κ3) is 3.54. The highest BCUT2D eigenvalue weighted by atomic mass is 35.5. The lowest BCUT2D eigenvalue weighted by molar-refractivity contribution is 0.251. The molecule has 3 rings (SSSR count). The number of hydrogen-bond acceptors (Lipinski definition) is 2. The Labute approximate surface area is 133 Å². The fraction of sp³-hybridized carbons (Fsp3) is 0.0588. The van der Waals surface area contributed by atoms with Gasteiger partial charge in [-0.3, -0.25) is 4.98 Å². The largest absolute Gasteiger partial charge is 0.334 e. The molecule has 3 aromatic rings. The molecule has 0 aliphatic carbocycles. The van der Waals surface area contributed by atoms with Crippen LogP contribution >= 0.6 is 11.6 Å². The molecular formula is C17H14ClN3O. The van der Waals surface area contributed by atoms with E-state index >= 15 is 0 Å². The van der Waals surface area contributed by atoms with Crippen LogP contribution in [0.2, 0.25) is 5.02 Å². The standard InChI is InChI=1S/C17H14ClN3O/c18-15-4-1-12(2-5-15)10-20-17(22)21-16-6-3-14-11-19-8-7-13(14)9-16/h1-9,11H,10H2,(H2,20,21,22). The average molecular weight is 312 g/mol. The second-order valence-electron chi connectivity index (χ2n) is 4.87. The summed E-state index contributed by atoms with van der Waals surface area (Å²) >= 11 is 5.83. The van der Waals surface area contributed by atoms with Gasteiger partial charge >= 0.3 is 6.03 Å². The van der Waals surface area contributed by atoms with Crippen LogP contribution in [0.5, 0.6) is 0 Å². The van der Waals surface area contributed by atoms with Gasteiger partial charge in [0.25, 0.3) is 0 Å². The molecule has 0 spiro atoms. The van der Waals surface area contributed by atoms with Crippen LogP contribution < -0.4 is 10.6 Å². The Bertz CT molecular complexity index is 802. The minimum Gasteiger partial charge on any atom is -0.334 e. The van der Waals surface area contributed by atoms with Crippen LogP contribution in [0.25, 0.3) is 10.8 Å². The summed E-state index contributed by atoms with van der Waals surface area (Å²) in [5.74, 6) is 0. The monoisotopic (exact) mass is 311 g/mol. The molecule has 0 saturated heterocycles. The van der Waals surface area contributed by atoms with Gasteiger partial charge in [0.1, 0.15) is 0 Å². The topological polar surface area (TPSA) is 54.0 Å². The summed E-state index contributed by atoms with van der Waals surface area (Å²) in [5.41, 5.74) is 1.73. The molecule has 110 valence electrons. The van der Waals surface area contributed by atoms with E-state index in [-0.39, 0.29) is 6.03 Å². The predicted molar refractivity (Wildman–Crippen MR) is 89.1 cm³/mol. The molecule has 0 radical (unpaired) electrons. The number of carbonyl (C=O) groups excluding carboxylic acids is 1. The normalized spacial score (nSPS) is 10.4. The number of rotatable bonds is 3. The van der Waals surface area contributed by atoms with Crippen LogP contribution in [0.4, 0.5) is 10.5 Å². The Morgan fingerprint density at radius 3 is 2.68 bits per heavy atom. The van der Waals surface area contributed by atoms with Crippen molar-refractivity contribution in [1.29, 1.82) is 0 Å². The zero-order valence-electron chi connectivity index (χ0n) is 11.7. The maximum absolute atomic E-state index is 11.9. The number of fused-ring (bicyclic) bond motifs is 1. The van der Waals surface area contributed by atoms with Crippen molar-refractivity contribution in [1.82, 2.24) is 10.3 Å². The number of pyridine rings is 1. The molecule has 4 nitrogen and oxygen atoms in total. The first kappa shape index (κ1) is 14.4. The number of anilines is 1. The highest BCUT2D eigenvalue weighted by Gasteiger charge is 2.03. The van der Waals surface area contributed by atoms with E-state index in [4.69, 9.17) is 11.6 Å². The molecule has 1 heterocycles. The molecule has 5 heteroatoms. The number of carbonyl (C=O) groups is 1. The second kappa shape index (κ2) is 6.45. The number of aromatic nitrogens is 1. The van der Waals surface area contributed by atoms with Crippen molar-refractivity contribution in [3.8, 4) is 0 Å². The minimum absolute atomic E-state index is 0.247. The smallest absolute Gasteiger partial charge is 0.319 e. The van der Waals surface area contributed by atoms with E-state index in [1.807, 2.05) is 36.4 Å². The Balaban J connectivity index is 1.61. The molecule has 2 N–H and O–H groups in total. The quantitative estimate of drug-likeness (QED) is 0.761. The van der Waals surface area contributed by atoms with Crippen molar-refractivity contribution in [3.63, 3.8) is 0 Å². The highest BCUT2D eigenvalue weighted by molar-refractivity contribution is 6.30. The van der Waals surface area contributed by atoms with Crippen molar-refractivity contribution in [2.24, 2.45) is 0 Å². The van der Waals surface area contributed by atoms with Crippen LogP contribution in [0, 0.1) is 0 Å². The molecule has 0 unspecified atom stereocenters. The van der Waals surface area contributed by atoms with Crippen molar-refractivity contribution < 1.29 is 4.79 Å². The van der Waals surface area contributed by atoms with Gasteiger partial charge in [0.05, 0.1) is 0 Å². The molecule has 0 fully saturated rings. The van der Waals surface area contributed by atoms with E-state index in [1.165, 1.54) is 0 Å². The van der Waals surface area contributed by atoms with Gasteiger partial charge in [-0.05, 0) is 41.3 Å². The van der Waals surface area contributed by atoms with Crippen molar-refractivity contribution in [3.05, 3.63) is 71.5 Å². The van der Waals surface area contributed by atoms with Crippen LogP contribution in [0.15, 0.2) is 60.9 Å². The van der Waals surface area contributed by atoms with Crippen molar-refractivity contribution in [2.45, 2.75) is 6.54 Å². The van der Waals surface area contributed by atoms with E-state index in [2.05, 4.69) is 15.6 Å². The average Bonchev–Trinajstić information content (AvgIpc) is 2.54. The molecule has 0 aliphatic heterocycles. The van der Waals surface area contributed by atoms with E-state index in [0.29, 0.717) is 11.6 Å². The van der Waals surface area contributed by atoms with Gasteiger partial charge < -0.3 is 10.6 Å². The van der Waals surface area contributed by atoms with Crippen LogP contribution in [-0.2, 0) is 6.54 Å². The lowest BCUT2D eigenvalue weighted by Crippen LogP contribution is -2.28. The Morgan fingerprint density at radius 2 is 1.86 bits per heavy atom. The Hall–Kier alpha value is -2.59. The van der Waals surface area contributed by atoms with Gasteiger partial charge in [0.15, 0.2) is 0 Å². The zero-order chi connectivity index (χ0) is 15.4. The first-order valence-corrected chi connectivity index (χ1v) is 7.21. The maximum atomic E-state index is 11.9. The number of amides is 2. The Kier molecular flexibility index (Phi) is 4.21. The summed E-state index contributed by atoms with van der Waals surface area (Å²) in [6.07, 6.45) is 3.52. The summed E-state index contributed by atoms with van der Waals surface area (Å²) in [7, 11) is 0. The molecule has 0 bridgehead atoms. The van der Waals surface area contributed by atoms with Crippen LogP contribution in [0.1, 0.15) is 5.56 Å². The third-order valence-electron chi connectivity index (χ3n) is 3.26. The second-order valence-corrected chi connectivity index (χ2v) is 5.31. The third-order valence-corrected chi connectivity index (χ3v) is 3.52. The lowest BCUT2D eigenvalue weighted by atomic mass is 10.1. The van der Waals surface area contributed by atoms with E-state index in [1.54, 1.807) is 24.5 Å². The molecule has 2 aromatic carbocycles. The lowest BCUT2D eigenvalue weighted by Gasteiger charge is -2.08. The highest BCUT2D eigenvalue weighted by Crippen LogP contribution is 2.17. The number of halogens is 1. The summed E-state index contributed by atoms with van der Waals surface area (Å²) < 4.78 is 0. The fourth-order valence-electron chi connectivity index (χ4n) is 2.12. The van der Waals surface area contributed by atoms with E-state index in [9.17, 15) is 4.79 Å². The summed E-state index contributed by atoms with van der Waals surface area (Å²) in [6.45, 7) is 0.445. The van der Waals surface area contributed by atoms with E-state index in [0.717, 1.165) is 22.0 Å². The molecule has 0 atom stereocenters. The molecular weight excluding hydrogens is 298 g/mol. The van der Waals surface area contributed by atoms with Gasteiger partial charge in [-0.2, -0.15) is 0 Å². The summed E-state index contributed by atoms with van der Waals surface area (Å²) in [6, 6.07) is 14.7. The first-order chi connectivity index (χ1) is 10.7. The zero-order valence-corrected chi connectivity index (χ0v) is 12.5. The fourth-order valence-corrected chi connectivity index (χ4v) is 2.25. The van der Waals surface area contributed by atoms with Gasteiger partial charge in [0.2, 0.25) is 0 Å². The Morgan fingerprint density at radius 1 is 1.05 bits per heavy atom. The van der Waals surface area contributed by atoms with E-state index < -0.39 is 0 Å². The molecule has 0 saturated carbocycles. The predicted octanol–water partition coefficient (Wildman–Crippen LogP) is 4.21. The van der Waals surface area contributed by atoms with Gasteiger partial charge in [-0.1, -0.05) is 29.8 Å². The number of hydrogen-bond donors (Lipinski definition) is 2. The minimum atomic E-state index is -0.247. The summed E-state index contributed by atoms with van der Waals surface area (Å²) in [4.78, 5) is 16.0. The molecule has 0 aliphatic rings. The van der Waals surface area contributed by atoms with Crippen molar-refractivity contribution >= 4 is 34.1 Å². The van der Waals surface area contributed by atoms with Gasteiger partial charge in [-0.25, -0.2) is 4.79 Å². The number of nitrogens with zero attached hydrogens (tertiary/aromatic N) is 1. The first-order valence-electron chi connectivity index (χ1n) is 6.84. The van der Waals surface area contributed by atoms with Gasteiger partial charge in [0, 0.05) is 35.0 Å². The molecule has 22 heavy (non-hydrogen) atoms. The summed E-state index contributed by atoms with van der Waals surface area (Å²) in [5, 5.41) is 8.38. The number of benzene rings is 2. The maximum Gasteiger partial charge on any atom is 0.319 e. The van der Waals surface area contributed by atoms with Crippen LogP contribution in [0.3, 0.4) is 0 Å².